The second-order valence-electron chi connectivity index (χ2n) is 8.01. The maximum absolute atomic E-state index is 13.2. The number of nitrogens with zero attached hydrogens (tertiary/aromatic N) is 3. The minimum Gasteiger partial charge on any atom is -0.387 e. The van der Waals surface area contributed by atoms with Crippen molar-refractivity contribution in [1.29, 1.82) is 0 Å². The molecule has 198 valence electrons. The standard InChI is InChI=1S/C21H29N3O10P2/c1-3-4-6-13(2)15-8-5-7-14(22-15)11-24-17(25)9-10-23(21(24)28)20-19(27)18(26)16(33-20)12-32-36(31)34-35(29)30/h3-4,6-7,9-10,16,18-20,26-27,29-31H,5,8,11-12H2,1-2H3/b4-3-,13-6+. The molecule has 36 heavy (non-hydrogen) atoms. The van der Waals surface area contributed by atoms with E-state index in [1.54, 1.807) is 0 Å². The molecule has 15 heteroatoms. The SMILES string of the molecule is C/C=C\C=C(/C)C1=NC(Cn2c(=O)ccn(C3OC(COP(O)OP(O)O)C(O)C3O)c2=O)=CCC1. The van der Waals surface area contributed by atoms with E-state index in [1.165, 1.54) is 0 Å². The highest BCUT2D eigenvalue weighted by Crippen LogP contribution is 2.46. The number of aliphatic hydroxyl groups is 2. The largest absolute Gasteiger partial charge is 0.387 e. The quantitative estimate of drug-likeness (QED) is 0.207. The van der Waals surface area contributed by atoms with Crippen molar-refractivity contribution in [2.75, 3.05) is 6.61 Å². The lowest BCUT2D eigenvalue weighted by molar-refractivity contribution is -0.0530. The number of aliphatic imine (C=N–C) groups is 1. The first kappa shape index (κ1) is 28.7. The van der Waals surface area contributed by atoms with Gasteiger partial charge in [0.25, 0.3) is 5.56 Å². The smallest absolute Gasteiger partial charge is 0.337 e. The van der Waals surface area contributed by atoms with Gasteiger partial charge in [0.2, 0.25) is 0 Å². The summed E-state index contributed by atoms with van der Waals surface area (Å²) in [7, 11) is -5.51. The number of allylic oxidation sites excluding steroid dienone is 6. The molecular weight excluding hydrogens is 516 g/mol. The molecule has 5 unspecified atom stereocenters. The molecule has 1 aromatic heterocycles. The van der Waals surface area contributed by atoms with Crippen LogP contribution in [0.2, 0.25) is 0 Å². The Morgan fingerprint density at radius 3 is 2.72 bits per heavy atom. The zero-order chi connectivity index (χ0) is 26.4. The van der Waals surface area contributed by atoms with Gasteiger partial charge in [-0.3, -0.25) is 18.9 Å². The summed E-state index contributed by atoms with van der Waals surface area (Å²) in [5.41, 5.74) is 1.04. The van der Waals surface area contributed by atoms with Crippen LogP contribution in [-0.4, -0.2) is 64.7 Å². The number of ether oxygens (including phenoxy) is 1. The van der Waals surface area contributed by atoms with Crippen molar-refractivity contribution in [3.05, 3.63) is 68.7 Å². The van der Waals surface area contributed by atoms with Crippen molar-refractivity contribution < 1.29 is 38.5 Å². The van der Waals surface area contributed by atoms with Crippen LogP contribution in [0, 0.1) is 0 Å². The molecule has 0 bridgehead atoms. The van der Waals surface area contributed by atoms with Gasteiger partial charge >= 0.3 is 22.9 Å². The Bertz CT molecular complexity index is 1160. The highest BCUT2D eigenvalue weighted by molar-refractivity contribution is 7.54. The van der Waals surface area contributed by atoms with Gasteiger partial charge < -0.3 is 34.2 Å². The first-order chi connectivity index (χ1) is 17.1. The fourth-order valence-electron chi connectivity index (χ4n) is 3.73. The molecule has 1 saturated heterocycles. The molecule has 5 atom stereocenters. The first-order valence-electron chi connectivity index (χ1n) is 11.0. The van der Waals surface area contributed by atoms with Crippen LogP contribution in [0.1, 0.15) is 32.9 Å². The molecule has 0 saturated carbocycles. The summed E-state index contributed by atoms with van der Waals surface area (Å²) in [6, 6.07) is 1.14. The number of aromatic nitrogens is 2. The van der Waals surface area contributed by atoms with Crippen LogP contribution in [0.15, 0.2) is 62.4 Å². The second-order valence-corrected chi connectivity index (χ2v) is 9.90. The lowest BCUT2D eigenvalue weighted by Gasteiger charge is -2.19. The van der Waals surface area contributed by atoms with Gasteiger partial charge in [-0.2, -0.15) is 0 Å². The Balaban J connectivity index is 1.79. The monoisotopic (exact) mass is 545 g/mol. The van der Waals surface area contributed by atoms with Gasteiger partial charge in [-0.1, -0.05) is 24.3 Å². The fraction of sp³-hybridized carbons (Fsp3) is 0.476. The summed E-state index contributed by atoms with van der Waals surface area (Å²) in [6.45, 7) is 3.28. The van der Waals surface area contributed by atoms with Crippen molar-refractivity contribution in [3.8, 4) is 0 Å². The van der Waals surface area contributed by atoms with E-state index < -0.39 is 59.6 Å². The zero-order valence-corrected chi connectivity index (χ0v) is 21.4. The molecule has 5 N–H and O–H groups in total. The maximum Gasteiger partial charge on any atom is 0.337 e. The summed E-state index contributed by atoms with van der Waals surface area (Å²) < 4.78 is 16.7. The number of hydrogen-bond acceptors (Lipinski definition) is 11. The predicted octanol–water partition coefficient (Wildman–Crippen LogP) is 0.734. The van der Waals surface area contributed by atoms with Crippen LogP contribution < -0.4 is 11.2 Å². The topological polar surface area (TPSA) is 185 Å². The van der Waals surface area contributed by atoms with E-state index in [4.69, 9.17) is 19.0 Å². The summed E-state index contributed by atoms with van der Waals surface area (Å²) in [5.74, 6) is 0. The predicted molar refractivity (Wildman–Crippen MR) is 132 cm³/mol. The highest BCUT2D eigenvalue weighted by Gasteiger charge is 2.44. The van der Waals surface area contributed by atoms with Gasteiger partial charge in [0.1, 0.15) is 18.3 Å². The third kappa shape index (κ3) is 7.11. The van der Waals surface area contributed by atoms with E-state index in [2.05, 4.69) is 9.30 Å². The molecule has 1 aromatic rings. The molecule has 0 aromatic carbocycles. The van der Waals surface area contributed by atoms with E-state index in [0.29, 0.717) is 12.1 Å². The lowest BCUT2D eigenvalue weighted by Crippen LogP contribution is -2.43. The second kappa shape index (κ2) is 13.1. The van der Waals surface area contributed by atoms with Crippen LogP contribution in [-0.2, 0) is 20.1 Å². The molecule has 3 rings (SSSR count). The Morgan fingerprint density at radius 1 is 1.28 bits per heavy atom. The first-order valence-corrected chi connectivity index (χ1v) is 13.3. The lowest BCUT2D eigenvalue weighted by atomic mass is 10.0. The van der Waals surface area contributed by atoms with Crippen LogP contribution in [0.4, 0.5) is 0 Å². The molecule has 3 heterocycles. The molecule has 2 aliphatic rings. The third-order valence-corrected chi connectivity index (χ3v) is 7.07. The van der Waals surface area contributed by atoms with Crippen LogP contribution in [0.5, 0.6) is 0 Å². The number of aliphatic hydroxyl groups excluding tert-OH is 2. The molecule has 13 nitrogen and oxygen atoms in total. The molecule has 1 fully saturated rings. The van der Waals surface area contributed by atoms with E-state index in [0.717, 1.165) is 39.1 Å². The minimum absolute atomic E-state index is 0.0890. The average Bonchev–Trinajstić information content (AvgIpc) is 3.12. The Morgan fingerprint density at radius 2 is 2.03 bits per heavy atom. The highest BCUT2D eigenvalue weighted by atomic mass is 31.2. The average molecular weight is 545 g/mol. The van der Waals surface area contributed by atoms with Gasteiger partial charge in [0.15, 0.2) is 6.23 Å². The summed E-state index contributed by atoms with van der Waals surface area (Å²) in [6.07, 6.45) is 4.61. The van der Waals surface area contributed by atoms with E-state index in [1.807, 2.05) is 38.2 Å². The van der Waals surface area contributed by atoms with Gasteiger partial charge in [-0.15, -0.1) is 0 Å². The van der Waals surface area contributed by atoms with Crippen molar-refractivity contribution in [1.82, 2.24) is 9.13 Å². The third-order valence-electron chi connectivity index (χ3n) is 5.55. The molecule has 0 aliphatic carbocycles. The van der Waals surface area contributed by atoms with Crippen molar-refractivity contribution in [2.24, 2.45) is 4.99 Å². The van der Waals surface area contributed by atoms with Crippen molar-refractivity contribution >= 4 is 22.9 Å². The molecular formula is C21H29N3O10P2. The van der Waals surface area contributed by atoms with Gasteiger partial charge in [0, 0.05) is 18.0 Å². The molecule has 0 radical (unpaired) electrons. The van der Waals surface area contributed by atoms with Crippen molar-refractivity contribution in [3.63, 3.8) is 0 Å². The number of hydrogen-bond donors (Lipinski definition) is 5. The van der Waals surface area contributed by atoms with Crippen LogP contribution >= 0.6 is 17.2 Å². The van der Waals surface area contributed by atoms with Crippen LogP contribution in [0.3, 0.4) is 0 Å². The molecule has 0 amide bonds. The molecule has 0 spiro atoms. The van der Waals surface area contributed by atoms with Crippen molar-refractivity contribution in [2.45, 2.75) is 57.8 Å². The van der Waals surface area contributed by atoms with Gasteiger partial charge in [0.05, 0.1) is 18.8 Å². The number of rotatable bonds is 10. The van der Waals surface area contributed by atoms with E-state index in [-0.39, 0.29) is 6.54 Å². The van der Waals surface area contributed by atoms with Gasteiger partial charge in [-0.05, 0) is 32.3 Å². The zero-order valence-electron chi connectivity index (χ0n) is 19.6. The maximum atomic E-state index is 13.2. The Kier molecular flexibility index (Phi) is 10.4. The van der Waals surface area contributed by atoms with E-state index >= 15 is 0 Å². The fourth-order valence-corrected chi connectivity index (χ4v) is 4.69. The normalized spacial score (nSPS) is 25.9. The summed E-state index contributed by atoms with van der Waals surface area (Å²) >= 11 is 0. The molecule has 2 aliphatic heterocycles. The minimum atomic E-state index is -2.85. The summed E-state index contributed by atoms with van der Waals surface area (Å²) in [4.78, 5) is 57.2. The Labute approximate surface area is 208 Å². The summed E-state index contributed by atoms with van der Waals surface area (Å²) in [5, 5.41) is 20.8. The van der Waals surface area contributed by atoms with Gasteiger partial charge in [-0.25, -0.2) is 9.11 Å². The van der Waals surface area contributed by atoms with Crippen LogP contribution in [0.25, 0.3) is 0 Å². The Hall–Kier alpha value is -1.89. The van der Waals surface area contributed by atoms with E-state index in [9.17, 15) is 24.7 Å².